The van der Waals surface area contributed by atoms with Crippen LogP contribution in [0, 0.1) is 6.92 Å². The van der Waals surface area contributed by atoms with Gasteiger partial charge in [-0.05, 0) is 61.9 Å². The van der Waals surface area contributed by atoms with E-state index in [2.05, 4.69) is 10.4 Å². The first-order valence-electron chi connectivity index (χ1n) is 8.94. The molecule has 6 nitrogen and oxygen atoms in total. The van der Waals surface area contributed by atoms with Crippen LogP contribution in [-0.2, 0) is 9.53 Å². The number of aryl methyl sites for hydroxylation is 1. The monoisotopic (exact) mass is 389 g/mol. The fraction of sp³-hybridized carbons (Fsp3) is 0.400. The standard InChI is InChI=1S/C20H24ClN3O3/c1-14-3-4-17(24-12-16(21)11-23-24)9-15(14)10-19(26)20(22-13-25)7-5-18(27-2)6-8-20/h3-4,9-13,18,26H,5-8H2,1-2H3,(H,22,25)/b19-10-. The minimum Gasteiger partial charge on any atom is -0.510 e. The zero-order valence-electron chi connectivity index (χ0n) is 15.5. The molecule has 0 spiro atoms. The smallest absolute Gasteiger partial charge is 0.207 e. The predicted molar refractivity (Wildman–Crippen MR) is 105 cm³/mol. The number of hydrogen-bond donors (Lipinski definition) is 2. The van der Waals surface area contributed by atoms with Crippen LogP contribution >= 0.6 is 11.6 Å². The molecule has 1 heterocycles. The summed E-state index contributed by atoms with van der Waals surface area (Å²) in [7, 11) is 1.69. The van der Waals surface area contributed by atoms with Crippen LogP contribution in [-0.4, -0.2) is 40.0 Å². The molecule has 0 atom stereocenters. The van der Waals surface area contributed by atoms with Gasteiger partial charge in [-0.1, -0.05) is 17.7 Å². The Kier molecular flexibility index (Phi) is 5.87. The summed E-state index contributed by atoms with van der Waals surface area (Å²) in [4.78, 5) is 11.2. The van der Waals surface area contributed by atoms with Gasteiger partial charge in [-0.15, -0.1) is 0 Å². The van der Waals surface area contributed by atoms with E-state index in [9.17, 15) is 9.90 Å². The fourth-order valence-corrected chi connectivity index (χ4v) is 3.70. The summed E-state index contributed by atoms with van der Waals surface area (Å²) in [5.41, 5.74) is 1.95. The molecular weight excluding hydrogens is 366 g/mol. The quantitative estimate of drug-likeness (QED) is 0.581. The zero-order valence-corrected chi connectivity index (χ0v) is 16.2. The van der Waals surface area contributed by atoms with Crippen molar-refractivity contribution in [2.45, 2.75) is 44.2 Å². The Morgan fingerprint density at radius 1 is 1.44 bits per heavy atom. The van der Waals surface area contributed by atoms with E-state index in [1.54, 1.807) is 30.3 Å². The van der Waals surface area contributed by atoms with E-state index in [-0.39, 0.29) is 11.9 Å². The normalized spacial score (nSPS) is 23.2. The molecule has 7 heteroatoms. The maximum atomic E-state index is 11.2. The molecule has 0 unspecified atom stereocenters. The van der Waals surface area contributed by atoms with E-state index >= 15 is 0 Å². The number of amides is 1. The fourth-order valence-electron chi connectivity index (χ4n) is 3.56. The number of ether oxygens (including phenoxy) is 1. The highest BCUT2D eigenvalue weighted by Gasteiger charge is 2.38. The number of carbonyl (C=O) groups excluding carboxylic acids is 1. The first-order valence-corrected chi connectivity index (χ1v) is 9.32. The van der Waals surface area contributed by atoms with Gasteiger partial charge in [0.1, 0.15) is 5.76 Å². The van der Waals surface area contributed by atoms with Gasteiger partial charge in [-0.3, -0.25) is 4.79 Å². The molecule has 0 saturated heterocycles. The van der Waals surface area contributed by atoms with Crippen LogP contribution in [0.2, 0.25) is 5.02 Å². The largest absolute Gasteiger partial charge is 0.510 e. The van der Waals surface area contributed by atoms with Crippen molar-refractivity contribution < 1.29 is 14.6 Å². The Bertz CT molecular complexity index is 839. The number of aromatic nitrogens is 2. The molecule has 144 valence electrons. The molecule has 1 amide bonds. The molecule has 1 aliphatic carbocycles. The Morgan fingerprint density at radius 3 is 2.78 bits per heavy atom. The van der Waals surface area contributed by atoms with Crippen molar-refractivity contribution in [1.82, 2.24) is 15.1 Å². The van der Waals surface area contributed by atoms with Crippen molar-refractivity contribution in [3.63, 3.8) is 0 Å². The lowest BCUT2D eigenvalue weighted by molar-refractivity contribution is -0.112. The highest BCUT2D eigenvalue weighted by atomic mass is 35.5. The van der Waals surface area contributed by atoms with Crippen LogP contribution < -0.4 is 5.32 Å². The molecule has 0 radical (unpaired) electrons. The SMILES string of the molecule is COC1CCC(NC=O)(/C(O)=C/c2cc(-n3cc(Cl)cn3)ccc2C)CC1. The number of rotatable bonds is 6. The third kappa shape index (κ3) is 4.17. The number of halogens is 1. The van der Waals surface area contributed by atoms with Gasteiger partial charge >= 0.3 is 0 Å². The van der Waals surface area contributed by atoms with Gasteiger partial charge < -0.3 is 15.2 Å². The second-order valence-electron chi connectivity index (χ2n) is 6.95. The highest BCUT2D eigenvalue weighted by Crippen LogP contribution is 2.35. The maximum Gasteiger partial charge on any atom is 0.207 e. The molecule has 0 aliphatic heterocycles. The molecule has 0 bridgehead atoms. The molecule has 3 rings (SSSR count). The van der Waals surface area contributed by atoms with Crippen molar-refractivity contribution >= 4 is 24.1 Å². The van der Waals surface area contributed by atoms with Crippen molar-refractivity contribution in [3.05, 3.63) is 52.5 Å². The molecule has 2 aromatic rings. The second kappa shape index (κ2) is 8.15. The molecule has 1 saturated carbocycles. The number of hydrogen-bond acceptors (Lipinski definition) is 4. The summed E-state index contributed by atoms with van der Waals surface area (Å²) < 4.78 is 7.09. The van der Waals surface area contributed by atoms with Gasteiger partial charge in [-0.2, -0.15) is 5.10 Å². The summed E-state index contributed by atoms with van der Waals surface area (Å²) in [5.74, 6) is 0.155. The summed E-state index contributed by atoms with van der Waals surface area (Å²) in [6.45, 7) is 1.97. The molecular formula is C20H24ClN3O3. The van der Waals surface area contributed by atoms with E-state index in [1.807, 2.05) is 25.1 Å². The number of nitrogens with one attached hydrogen (secondary N) is 1. The third-order valence-electron chi connectivity index (χ3n) is 5.32. The van der Waals surface area contributed by atoms with Gasteiger partial charge in [0.05, 0.1) is 28.5 Å². The average molecular weight is 390 g/mol. The van der Waals surface area contributed by atoms with E-state index in [4.69, 9.17) is 16.3 Å². The minimum absolute atomic E-state index is 0.155. The number of benzene rings is 1. The number of methoxy groups -OCH3 is 1. The van der Waals surface area contributed by atoms with Crippen molar-refractivity contribution in [3.8, 4) is 5.69 Å². The number of aliphatic hydroxyl groups is 1. The first-order chi connectivity index (χ1) is 13.0. The molecule has 1 aromatic heterocycles. The summed E-state index contributed by atoms with van der Waals surface area (Å²) in [6, 6.07) is 5.84. The van der Waals surface area contributed by atoms with Crippen LogP contribution in [0.5, 0.6) is 0 Å². The number of aliphatic hydroxyl groups excluding tert-OH is 1. The van der Waals surface area contributed by atoms with Gasteiger partial charge in [0, 0.05) is 13.3 Å². The summed E-state index contributed by atoms with van der Waals surface area (Å²) in [5, 5.41) is 18.5. The lowest BCUT2D eigenvalue weighted by atomic mass is 9.78. The Hall–Kier alpha value is -2.31. The van der Waals surface area contributed by atoms with Crippen LogP contribution in [0.15, 0.2) is 36.4 Å². The second-order valence-corrected chi connectivity index (χ2v) is 7.39. The zero-order chi connectivity index (χ0) is 19.4. The van der Waals surface area contributed by atoms with Crippen molar-refractivity contribution in [2.24, 2.45) is 0 Å². The molecule has 27 heavy (non-hydrogen) atoms. The van der Waals surface area contributed by atoms with Crippen molar-refractivity contribution in [2.75, 3.05) is 7.11 Å². The van der Waals surface area contributed by atoms with Gasteiger partial charge in [0.15, 0.2) is 0 Å². The Labute approximate surface area is 163 Å². The van der Waals surface area contributed by atoms with Gasteiger partial charge in [0.25, 0.3) is 0 Å². The molecule has 1 aromatic carbocycles. The van der Waals surface area contributed by atoms with Crippen LogP contribution in [0.25, 0.3) is 11.8 Å². The first kappa shape index (κ1) is 19.5. The van der Waals surface area contributed by atoms with Gasteiger partial charge in [0.2, 0.25) is 6.41 Å². The van der Waals surface area contributed by atoms with Crippen molar-refractivity contribution in [1.29, 1.82) is 0 Å². The maximum absolute atomic E-state index is 11.2. The lowest BCUT2D eigenvalue weighted by Gasteiger charge is -2.39. The predicted octanol–water partition coefficient (Wildman–Crippen LogP) is 3.81. The average Bonchev–Trinajstić information content (AvgIpc) is 3.10. The Morgan fingerprint density at radius 2 is 2.19 bits per heavy atom. The minimum atomic E-state index is -0.756. The lowest BCUT2D eigenvalue weighted by Crippen LogP contribution is -2.49. The summed E-state index contributed by atoms with van der Waals surface area (Å²) in [6.07, 6.45) is 8.65. The molecule has 2 N–H and O–H groups in total. The topological polar surface area (TPSA) is 76.4 Å². The van der Waals surface area contributed by atoms with E-state index in [1.165, 1.54) is 0 Å². The van der Waals surface area contributed by atoms with E-state index < -0.39 is 5.54 Å². The third-order valence-corrected chi connectivity index (χ3v) is 5.51. The van der Waals surface area contributed by atoms with Crippen LogP contribution in [0.4, 0.5) is 0 Å². The highest BCUT2D eigenvalue weighted by molar-refractivity contribution is 6.30. The van der Waals surface area contributed by atoms with Gasteiger partial charge in [-0.25, -0.2) is 4.68 Å². The Balaban J connectivity index is 1.92. The van der Waals surface area contributed by atoms with E-state index in [0.29, 0.717) is 24.3 Å². The van der Waals surface area contributed by atoms with Crippen LogP contribution in [0.3, 0.4) is 0 Å². The summed E-state index contributed by atoms with van der Waals surface area (Å²) >= 11 is 5.96. The van der Waals surface area contributed by atoms with Crippen LogP contribution in [0.1, 0.15) is 36.8 Å². The number of nitrogens with zero attached hydrogens (tertiary/aromatic N) is 2. The number of carbonyl (C=O) groups is 1. The molecule has 1 fully saturated rings. The molecule has 1 aliphatic rings. The van der Waals surface area contributed by atoms with E-state index in [0.717, 1.165) is 29.7 Å².